The Hall–Kier alpha value is -11.8. The summed E-state index contributed by atoms with van der Waals surface area (Å²) >= 11 is 0. The van der Waals surface area contributed by atoms with Crippen molar-refractivity contribution < 1.29 is 38.2 Å². The molecule has 678 valence electrons. The van der Waals surface area contributed by atoms with E-state index in [9.17, 15) is 28.8 Å². The molecule has 4 N–H and O–H groups in total. The summed E-state index contributed by atoms with van der Waals surface area (Å²) in [6.45, 7) is 57.6. The SMILES string of the molecule is CC(C)(C)c1cc(C(=O)Oc2ccc(C(C)(C)c3ccc(C(C)(C)c4ccc(OC(=O)c5cc(C(C)(C)C)cc(C(C)(C)C)c5)cc4)cc3)cc2)cc(C(C)(C)C)c1.Cc1cc2cc(C)c1NC(=O)c1cccc(c1)C(=O)Nc1c(C)cc(cc1C)C1(CCCCC1)c1cc(C)c(c(C)c1)NC(=O)c1cc(cc(C(C)(C)C)c1)C(=O)Nc1c(C)cc(cc1C)C21CCCCC1. The molecule has 4 amide bonds. The lowest BCUT2D eigenvalue weighted by molar-refractivity contribution is 0.0724. The van der Waals surface area contributed by atoms with Crippen LogP contribution in [0.3, 0.4) is 0 Å². The van der Waals surface area contributed by atoms with Crippen LogP contribution in [0.4, 0.5) is 22.7 Å². The largest absolute Gasteiger partial charge is 0.423 e. The van der Waals surface area contributed by atoms with Crippen LogP contribution < -0.4 is 30.7 Å². The maximum absolute atomic E-state index is 14.5. The number of hydrogen-bond donors (Lipinski definition) is 4. The number of carbonyl (C=O) groups is 6. The summed E-state index contributed by atoms with van der Waals surface area (Å²) in [4.78, 5) is 84.1. The quantitative estimate of drug-likeness (QED) is 0.0861. The Kier molecular flexibility index (Phi) is 26.9. The van der Waals surface area contributed by atoms with Crippen molar-refractivity contribution in [2.24, 2.45) is 0 Å². The van der Waals surface area contributed by atoms with Gasteiger partial charge in [0, 0.05) is 66.7 Å². The van der Waals surface area contributed by atoms with Crippen LogP contribution >= 0.6 is 0 Å². The molecule has 10 aliphatic heterocycles. The normalized spacial score (nSPS) is 15.2. The number of amides is 4. The second-order valence-corrected chi connectivity index (χ2v) is 43.9. The van der Waals surface area contributed by atoms with Gasteiger partial charge in [-0.2, -0.15) is 0 Å². The summed E-state index contributed by atoms with van der Waals surface area (Å²) in [5, 5.41) is 13.0. The molecule has 11 aromatic rings. The van der Waals surface area contributed by atoms with Crippen molar-refractivity contribution in [3.05, 3.63) is 350 Å². The van der Waals surface area contributed by atoms with Crippen molar-refractivity contribution >= 4 is 58.3 Å². The molecule has 2 saturated carbocycles. The van der Waals surface area contributed by atoms with E-state index in [1.165, 1.54) is 46.2 Å². The highest BCUT2D eigenvalue weighted by Gasteiger charge is 2.41. The summed E-state index contributed by atoms with van der Waals surface area (Å²) in [7, 11) is 0. The van der Waals surface area contributed by atoms with Crippen molar-refractivity contribution in [1.29, 1.82) is 0 Å². The van der Waals surface area contributed by atoms with E-state index in [-0.39, 0.29) is 84.3 Å². The third-order valence-corrected chi connectivity index (χ3v) is 28.1. The van der Waals surface area contributed by atoms with Gasteiger partial charge < -0.3 is 30.7 Å². The number of anilines is 4. The number of ether oxygens (including phenoxy) is 2. The fourth-order valence-electron chi connectivity index (χ4n) is 19.5. The van der Waals surface area contributed by atoms with E-state index in [4.69, 9.17) is 9.47 Å². The predicted molar refractivity (Wildman–Crippen MR) is 536 cm³/mol. The molecule has 0 atom stereocenters. The standard InChI is InChI=1S/C64H72N4O4.C54H66O4/c1-37-25-50-26-38(2)54(37)65-58(69)45-19-18-20-46(33-45)59(70)66-55-39(3)27-51(28-40(55)4)64(23-16-13-17-24-64)53-31-43(7)57(44(8)32-53)68-61(72)48-34-47(35-49(36-48)62(9,10)11)60(71)67-56-41(5)29-52(30-42(56)6)63(50)21-14-12-15-22-63;1-49(2,3)41-29-35(30-42(33-41)50(4,5)6)47(55)57-45-25-21-39(22-26-45)53(13,14)37-17-19-38(20-18-37)54(15,16)40-23-27-46(28-24-40)58-48(56)36-31-43(51(7,8)9)34-44(32-36)52(10,11)12/h18-20,25-36H,12-17,21-24H2,1-11H3,(H,65,69)(H,66,70)(H,67,71)(H,68,72);17-34H,1-16H3. The zero-order chi connectivity index (χ0) is 94.7. The Morgan fingerprint density at radius 1 is 0.254 bits per heavy atom. The van der Waals surface area contributed by atoms with Gasteiger partial charge in [-0.1, -0.05) is 285 Å². The molecule has 12 nitrogen and oxygen atoms in total. The maximum atomic E-state index is 14.5. The molecule has 12 heteroatoms. The average Bonchev–Trinajstić information content (AvgIpc) is 0.749. The van der Waals surface area contributed by atoms with Crippen LogP contribution in [0.25, 0.3) is 0 Å². The van der Waals surface area contributed by atoms with Crippen LogP contribution in [0.15, 0.2) is 200 Å². The summed E-state index contributed by atoms with van der Waals surface area (Å²) in [5.74, 6) is -0.749. The second-order valence-electron chi connectivity index (χ2n) is 43.9. The first kappa shape index (κ1) is 95.8. The fourth-order valence-corrected chi connectivity index (χ4v) is 19.5. The van der Waals surface area contributed by atoms with E-state index in [1.807, 2.05) is 84.9 Å². The molecule has 0 unspecified atom stereocenters. The van der Waals surface area contributed by atoms with Gasteiger partial charge >= 0.3 is 11.9 Å². The smallest absolute Gasteiger partial charge is 0.343 e. The number of hydrogen-bond acceptors (Lipinski definition) is 8. The Morgan fingerprint density at radius 2 is 0.469 bits per heavy atom. The topological polar surface area (TPSA) is 169 Å². The van der Waals surface area contributed by atoms with Gasteiger partial charge in [-0.25, -0.2) is 9.59 Å². The average molecular weight is 1740 g/mol. The minimum absolute atomic E-state index is 0.0984. The molecule has 0 aromatic heterocycles. The Bertz CT molecular complexity index is 5680. The molecule has 2 spiro atoms. The molecule has 0 saturated heterocycles. The van der Waals surface area contributed by atoms with Crippen LogP contribution in [0.2, 0.25) is 0 Å². The van der Waals surface area contributed by atoms with Crippen LogP contribution in [-0.4, -0.2) is 35.6 Å². The molecule has 12 bridgehead atoms. The number of rotatable bonds is 8. The molecular formula is C118H138N4O8. The molecule has 130 heavy (non-hydrogen) atoms. The predicted octanol–water partition coefficient (Wildman–Crippen LogP) is 29.2. The molecule has 2 fully saturated rings. The first-order valence-corrected chi connectivity index (χ1v) is 46.8. The van der Waals surface area contributed by atoms with E-state index in [1.54, 1.807) is 30.3 Å². The highest BCUT2D eigenvalue weighted by atomic mass is 16.5. The van der Waals surface area contributed by atoms with Crippen LogP contribution in [0.1, 0.15) is 375 Å². The molecular weight excluding hydrogens is 1600 g/mol. The zero-order valence-corrected chi connectivity index (χ0v) is 82.4. The first-order chi connectivity index (χ1) is 60.7. The number of esters is 2. The lowest BCUT2D eigenvalue weighted by atomic mass is 9.64. The Morgan fingerprint density at radius 3 is 0.708 bits per heavy atom. The summed E-state index contributed by atoms with van der Waals surface area (Å²) in [6, 6.07) is 67.2. The molecule has 12 aliphatic rings. The van der Waals surface area contributed by atoms with Gasteiger partial charge in [-0.05, 0) is 310 Å². The molecule has 11 aromatic carbocycles. The van der Waals surface area contributed by atoms with Crippen molar-refractivity contribution in [3.63, 3.8) is 0 Å². The van der Waals surface area contributed by atoms with Gasteiger partial charge in [0.2, 0.25) is 0 Å². The van der Waals surface area contributed by atoms with Gasteiger partial charge in [0.25, 0.3) is 23.6 Å². The molecule has 23 rings (SSSR count). The highest BCUT2D eigenvalue weighted by molar-refractivity contribution is 6.11. The van der Waals surface area contributed by atoms with Gasteiger partial charge in [-0.3, -0.25) is 19.2 Å². The number of aryl methyl sites for hydroxylation is 8. The van der Waals surface area contributed by atoms with Crippen molar-refractivity contribution in [2.45, 2.75) is 300 Å². The minimum Gasteiger partial charge on any atom is -0.423 e. The molecule has 0 radical (unpaired) electrons. The van der Waals surface area contributed by atoms with E-state index in [0.717, 1.165) is 158 Å². The summed E-state index contributed by atoms with van der Waals surface area (Å²) < 4.78 is 11.8. The van der Waals surface area contributed by atoms with Gasteiger partial charge in [-0.15, -0.1) is 0 Å². The van der Waals surface area contributed by atoms with E-state index < -0.39 is 0 Å². The summed E-state index contributed by atoms with van der Waals surface area (Å²) in [5.41, 5.74) is 26.6. The van der Waals surface area contributed by atoms with E-state index in [2.05, 4.69) is 293 Å². The first-order valence-electron chi connectivity index (χ1n) is 46.8. The molecule has 10 heterocycles. The number of benzene rings is 11. The van der Waals surface area contributed by atoms with Gasteiger partial charge in [0.1, 0.15) is 11.5 Å². The minimum atomic E-state index is -0.353. The third-order valence-electron chi connectivity index (χ3n) is 28.1. The highest BCUT2D eigenvalue weighted by Crippen LogP contribution is 2.51. The monoisotopic (exact) mass is 1740 g/mol. The third kappa shape index (κ3) is 20.5. The van der Waals surface area contributed by atoms with Crippen LogP contribution in [0, 0.1) is 55.4 Å². The zero-order valence-electron chi connectivity index (χ0n) is 82.4. The second kappa shape index (κ2) is 36.5. The number of nitrogens with one attached hydrogen (secondary N) is 4. The van der Waals surface area contributed by atoms with Crippen molar-refractivity contribution in [1.82, 2.24) is 0 Å². The van der Waals surface area contributed by atoms with Gasteiger partial charge in [0.15, 0.2) is 0 Å². The van der Waals surface area contributed by atoms with Crippen LogP contribution in [-0.2, 0) is 48.7 Å². The molecule has 2 aliphatic carbocycles. The lowest BCUT2D eigenvalue weighted by Gasteiger charge is -2.40. The Balaban J connectivity index is 0.000000227. The van der Waals surface area contributed by atoms with Gasteiger partial charge in [0.05, 0.1) is 11.1 Å². The summed E-state index contributed by atoms with van der Waals surface area (Å²) in [6.07, 6.45) is 10.6. The van der Waals surface area contributed by atoms with Crippen molar-refractivity contribution in [3.8, 4) is 11.5 Å². The Labute approximate surface area is 774 Å². The lowest BCUT2D eigenvalue weighted by Crippen LogP contribution is -2.31. The van der Waals surface area contributed by atoms with E-state index in [0.29, 0.717) is 44.9 Å². The maximum Gasteiger partial charge on any atom is 0.343 e. The fraction of sp³-hybridized carbons (Fsp3) is 0.390. The van der Waals surface area contributed by atoms with E-state index >= 15 is 0 Å². The van der Waals surface area contributed by atoms with Crippen molar-refractivity contribution in [2.75, 3.05) is 21.3 Å². The van der Waals surface area contributed by atoms with Crippen LogP contribution in [0.5, 0.6) is 11.5 Å². The number of carbonyl (C=O) groups excluding carboxylic acids is 6.